The van der Waals surface area contributed by atoms with Gasteiger partial charge in [-0.25, -0.2) is 0 Å². The number of aliphatic hydroxyl groups is 1. The summed E-state index contributed by atoms with van der Waals surface area (Å²) < 4.78 is 93.8. The van der Waals surface area contributed by atoms with Gasteiger partial charge in [0, 0.05) is 26.9 Å². The minimum absolute atomic E-state index is 0.0901. The second-order valence-corrected chi connectivity index (χ2v) is 10.5. The van der Waals surface area contributed by atoms with Gasteiger partial charge >= 0.3 is 26.7 Å². The molecule has 1 saturated heterocycles. The topological polar surface area (TPSA) is 66.4 Å². The maximum Gasteiger partial charge on any atom is 0.503 e. The number of ether oxygens (including phenoxy) is 2. The maximum atomic E-state index is 14.6. The van der Waals surface area contributed by atoms with Gasteiger partial charge in [-0.3, -0.25) is 0 Å². The van der Waals surface area contributed by atoms with Crippen molar-refractivity contribution in [3.63, 3.8) is 0 Å². The molecule has 6 unspecified atom stereocenters. The van der Waals surface area contributed by atoms with E-state index in [0.29, 0.717) is 12.8 Å². The summed E-state index contributed by atoms with van der Waals surface area (Å²) in [5.74, 6) is -10.4. The van der Waals surface area contributed by atoms with Gasteiger partial charge in [-0.05, 0) is 37.0 Å². The van der Waals surface area contributed by atoms with Crippen LogP contribution in [0.15, 0.2) is 0 Å². The Balaban J connectivity index is 1.81. The van der Waals surface area contributed by atoms with Gasteiger partial charge in [-0.15, -0.1) is 0 Å². The Morgan fingerprint density at radius 2 is 1.59 bits per heavy atom. The monoisotopic (exact) mass is 422 g/mol. The number of hydrogen-bond acceptors (Lipinski definition) is 6. The highest BCUT2D eigenvalue weighted by atomic mass is 28.4. The van der Waals surface area contributed by atoms with Crippen LogP contribution in [0.4, 0.5) is 22.0 Å². The van der Waals surface area contributed by atoms with Crippen molar-refractivity contribution in [1.82, 2.24) is 0 Å². The Kier molecular flexibility index (Phi) is 5.42. The first-order valence-corrected chi connectivity index (χ1v) is 10.4. The van der Waals surface area contributed by atoms with Crippen molar-refractivity contribution in [1.29, 1.82) is 0 Å². The first-order valence-electron chi connectivity index (χ1n) is 8.55. The summed E-state index contributed by atoms with van der Waals surface area (Å²) in [5, 5.41) is 9.60. The number of alkyl halides is 5. The van der Waals surface area contributed by atoms with Crippen LogP contribution in [0.3, 0.4) is 0 Å². The Labute approximate surface area is 154 Å². The molecule has 1 N–H and O–H groups in total. The van der Waals surface area contributed by atoms with E-state index >= 15 is 0 Å². The molecule has 3 rings (SSSR count). The molecular weight excluding hydrogens is 399 g/mol. The van der Waals surface area contributed by atoms with Crippen LogP contribution < -0.4 is 0 Å². The zero-order valence-corrected chi connectivity index (χ0v) is 16.1. The predicted molar refractivity (Wildman–Crippen MR) is 81.6 cm³/mol. The van der Waals surface area contributed by atoms with Gasteiger partial charge in [-0.2, -0.15) is 22.0 Å². The fourth-order valence-electron chi connectivity index (χ4n) is 5.08. The molecule has 0 spiro atoms. The van der Waals surface area contributed by atoms with E-state index < -0.39 is 45.5 Å². The van der Waals surface area contributed by atoms with Gasteiger partial charge in [0.2, 0.25) is 0 Å². The lowest BCUT2D eigenvalue weighted by atomic mass is 9.79. The van der Waals surface area contributed by atoms with Crippen molar-refractivity contribution in [3.8, 4) is 0 Å². The average Bonchev–Trinajstić information content (AvgIpc) is 3.19. The van der Waals surface area contributed by atoms with E-state index in [2.05, 4.69) is 4.74 Å². The van der Waals surface area contributed by atoms with Gasteiger partial charge in [0.05, 0.1) is 0 Å². The lowest BCUT2D eigenvalue weighted by Gasteiger charge is -2.47. The Bertz CT molecular complexity index is 551. The van der Waals surface area contributed by atoms with Gasteiger partial charge in [0.25, 0.3) is 0 Å². The molecule has 3 fully saturated rings. The molecule has 2 bridgehead atoms. The highest BCUT2D eigenvalue weighted by Gasteiger charge is 2.77. The van der Waals surface area contributed by atoms with Crippen molar-refractivity contribution >= 4 is 8.80 Å². The lowest BCUT2D eigenvalue weighted by molar-refractivity contribution is -0.488. The fraction of sp³-hybridized carbons (Fsp3) is 1.00. The summed E-state index contributed by atoms with van der Waals surface area (Å²) >= 11 is 0. The maximum absolute atomic E-state index is 14.6. The average molecular weight is 422 g/mol. The SMILES string of the molecule is CO[Si](OC)(OC)C1CC2CC1CC2C1OCOC(O)(C(F)(F)F)C1(F)F. The lowest BCUT2D eigenvalue weighted by Crippen LogP contribution is -2.70. The van der Waals surface area contributed by atoms with Crippen molar-refractivity contribution in [2.45, 2.75) is 48.8 Å². The standard InChI is InChI=1S/C15H23F5O6Si/c1-22-27(23-2,24-3)11-6-8-4-9(11)5-10(8)12-13(16,17)14(21,15(18,19)20)26-7-25-12/h8-12,21H,4-7H2,1-3H3. The first kappa shape index (κ1) is 21.3. The fourth-order valence-corrected chi connectivity index (χ4v) is 7.93. The molecule has 27 heavy (non-hydrogen) atoms. The third-order valence-electron chi connectivity index (χ3n) is 6.32. The van der Waals surface area contributed by atoms with Crippen LogP contribution in [0.1, 0.15) is 19.3 Å². The predicted octanol–water partition coefficient (Wildman–Crippen LogP) is 2.54. The van der Waals surface area contributed by atoms with Crippen LogP contribution in [-0.2, 0) is 22.8 Å². The normalized spacial score (nSPS) is 41.9. The molecular formula is C15H23F5O6Si. The number of rotatable bonds is 5. The zero-order valence-electron chi connectivity index (χ0n) is 15.1. The summed E-state index contributed by atoms with van der Waals surface area (Å²) in [6.45, 7) is -1.06. The zero-order chi connectivity index (χ0) is 20.3. The second-order valence-electron chi connectivity index (χ2n) is 7.33. The molecule has 12 heteroatoms. The van der Waals surface area contributed by atoms with Gasteiger partial charge in [-0.1, -0.05) is 0 Å². The summed E-state index contributed by atoms with van der Waals surface area (Å²) in [6, 6.07) is 0. The van der Waals surface area contributed by atoms with E-state index in [0.717, 1.165) is 0 Å². The highest BCUT2D eigenvalue weighted by Crippen LogP contribution is 2.62. The van der Waals surface area contributed by atoms with Crippen LogP contribution in [0.2, 0.25) is 5.54 Å². The van der Waals surface area contributed by atoms with Gasteiger partial charge in [0.15, 0.2) is 6.79 Å². The molecule has 3 aliphatic rings. The summed E-state index contributed by atoms with van der Waals surface area (Å²) in [6.07, 6.45) is -6.55. The quantitative estimate of drug-likeness (QED) is 0.543. The van der Waals surface area contributed by atoms with E-state index in [9.17, 15) is 27.1 Å². The largest absolute Gasteiger partial charge is 0.503 e. The van der Waals surface area contributed by atoms with E-state index in [1.807, 2.05) is 0 Å². The molecule has 0 aromatic heterocycles. The van der Waals surface area contributed by atoms with Gasteiger partial charge < -0.3 is 27.9 Å². The number of halogens is 5. The van der Waals surface area contributed by atoms with Gasteiger partial charge in [0.1, 0.15) is 6.10 Å². The Morgan fingerprint density at radius 1 is 1.00 bits per heavy atom. The molecule has 0 radical (unpaired) electrons. The summed E-state index contributed by atoms with van der Waals surface area (Å²) in [4.78, 5) is 0. The van der Waals surface area contributed by atoms with Crippen molar-refractivity contribution in [2.75, 3.05) is 28.1 Å². The minimum Gasteiger partial charge on any atom is -0.377 e. The summed E-state index contributed by atoms with van der Waals surface area (Å²) in [7, 11) is 1.39. The van der Waals surface area contributed by atoms with Crippen molar-refractivity contribution in [3.05, 3.63) is 0 Å². The van der Waals surface area contributed by atoms with E-state index in [1.54, 1.807) is 0 Å². The molecule has 0 aromatic carbocycles. The van der Waals surface area contributed by atoms with Crippen LogP contribution in [0.25, 0.3) is 0 Å². The third-order valence-corrected chi connectivity index (χ3v) is 9.64. The van der Waals surface area contributed by atoms with Crippen LogP contribution in [0, 0.1) is 17.8 Å². The number of fused-ring (bicyclic) bond motifs is 2. The van der Waals surface area contributed by atoms with E-state index in [-0.39, 0.29) is 23.8 Å². The summed E-state index contributed by atoms with van der Waals surface area (Å²) in [5.41, 5.74) is -0.117. The molecule has 1 aliphatic heterocycles. The van der Waals surface area contributed by atoms with Crippen LogP contribution in [0.5, 0.6) is 0 Å². The van der Waals surface area contributed by atoms with Crippen LogP contribution >= 0.6 is 0 Å². The number of hydrogen-bond donors (Lipinski definition) is 1. The molecule has 158 valence electrons. The molecule has 6 nitrogen and oxygen atoms in total. The second kappa shape index (κ2) is 6.85. The smallest absolute Gasteiger partial charge is 0.377 e. The van der Waals surface area contributed by atoms with Crippen molar-refractivity contribution < 1.29 is 49.8 Å². The minimum atomic E-state index is -5.65. The molecule has 0 aromatic rings. The third kappa shape index (κ3) is 2.95. The van der Waals surface area contributed by atoms with Crippen LogP contribution in [-0.4, -0.2) is 66.0 Å². The molecule has 0 amide bonds. The van der Waals surface area contributed by atoms with Crippen molar-refractivity contribution in [2.24, 2.45) is 17.8 Å². The Morgan fingerprint density at radius 3 is 2.04 bits per heavy atom. The van der Waals surface area contributed by atoms with E-state index in [1.165, 1.54) is 21.3 Å². The molecule has 2 saturated carbocycles. The molecule has 6 atom stereocenters. The Hall–Kier alpha value is -0.373. The highest BCUT2D eigenvalue weighted by molar-refractivity contribution is 6.62. The molecule has 1 heterocycles. The molecule has 2 aliphatic carbocycles. The van der Waals surface area contributed by atoms with E-state index in [4.69, 9.17) is 18.0 Å². The first-order chi connectivity index (χ1) is 12.5.